The number of hydrogen-bond donors (Lipinski definition) is 2. The van der Waals surface area contributed by atoms with E-state index in [1.54, 1.807) is 7.11 Å². The average molecular weight is 296 g/mol. The van der Waals surface area contributed by atoms with Gasteiger partial charge in [0.2, 0.25) is 5.91 Å². The zero-order valence-electron chi connectivity index (χ0n) is 12.1. The van der Waals surface area contributed by atoms with Gasteiger partial charge in [-0.25, -0.2) is 0 Å². The summed E-state index contributed by atoms with van der Waals surface area (Å²) in [5.41, 5.74) is -0.123. The van der Waals surface area contributed by atoms with Crippen molar-refractivity contribution in [1.29, 1.82) is 0 Å². The second kappa shape index (κ2) is 5.60. The van der Waals surface area contributed by atoms with Gasteiger partial charge in [-0.05, 0) is 68.5 Å². The molecule has 0 heterocycles. The van der Waals surface area contributed by atoms with Gasteiger partial charge < -0.3 is 15.4 Å². The topological polar surface area (TPSA) is 50.4 Å². The molecule has 0 aromatic rings. The highest BCUT2D eigenvalue weighted by Gasteiger charge is 2.54. The number of amides is 1. The molecule has 0 radical (unpaired) electrons. The SMILES string of the molecule is COCCNC(=S)NC(=O)C12CC3CC(CC(C3)C1)C2. The molecule has 0 saturated heterocycles. The summed E-state index contributed by atoms with van der Waals surface area (Å²) in [5.74, 6) is 2.50. The molecule has 4 nitrogen and oxygen atoms in total. The third-order valence-corrected chi connectivity index (χ3v) is 5.59. The summed E-state index contributed by atoms with van der Waals surface area (Å²) in [6, 6.07) is 0. The van der Waals surface area contributed by atoms with Gasteiger partial charge in [0.15, 0.2) is 5.11 Å². The summed E-state index contributed by atoms with van der Waals surface area (Å²) in [4.78, 5) is 12.7. The van der Waals surface area contributed by atoms with Crippen molar-refractivity contribution in [3.63, 3.8) is 0 Å². The van der Waals surface area contributed by atoms with Crippen LogP contribution in [0, 0.1) is 23.2 Å². The predicted octanol–water partition coefficient (Wildman–Crippen LogP) is 1.84. The van der Waals surface area contributed by atoms with Gasteiger partial charge in [0.05, 0.1) is 12.0 Å². The van der Waals surface area contributed by atoms with Crippen molar-refractivity contribution in [2.45, 2.75) is 38.5 Å². The molecule has 0 atom stereocenters. The highest BCUT2D eigenvalue weighted by molar-refractivity contribution is 7.80. The van der Waals surface area contributed by atoms with Crippen LogP contribution in [0.25, 0.3) is 0 Å². The summed E-state index contributed by atoms with van der Waals surface area (Å²) in [5, 5.41) is 6.39. The van der Waals surface area contributed by atoms with Crippen LogP contribution in [-0.4, -0.2) is 31.3 Å². The maximum Gasteiger partial charge on any atom is 0.232 e. The van der Waals surface area contributed by atoms with E-state index in [9.17, 15) is 4.79 Å². The number of carbonyl (C=O) groups is 1. The van der Waals surface area contributed by atoms with Crippen molar-refractivity contribution >= 4 is 23.2 Å². The Balaban J connectivity index is 1.58. The maximum atomic E-state index is 12.7. The summed E-state index contributed by atoms with van der Waals surface area (Å²) in [6.07, 6.45) is 7.28. The lowest BCUT2D eigenvalue weighted by molar-refractivity contribution is -0.144. The van der Waals surface area contributed by atoms with E-state index >= 15 is 0 Å². The average Bonchev–Trinajstić information content (AvgIpc) is 2.37. The van der Waals surface area contributed by atoms with E-state index < -0.39 is 0 Å². The molecule has 4 bridgehead atoms. The van der Waals surface area contributed by atoms with E-state index in [0.717, 1.165) is 37.0 Å². The fourth-order valence-electron chi connectivity index (χ4n) is 4.94. The number of carbonyl (C=O) groups excluding carboxylic acids is 1. The zero-order valence-corrected chi connectivity index (χ0v) is 12.9. The lowest BCUT2D eigenvalue weighted by Crippen LogP contribution is -2.55. The minimum absolute atomic E-state index is 0.123. The fourth-order valence-corrected chi connectivity index (χ4v) is 5.13. The molecule has 4 saturated carbocycles. The van der Waals surface area contributed by atoms with Crippen LogP contribution in [0.15, 0.2) is 0 Å². The minimum atomic E-state index is -0.123. The molecule has 4 fully saturated rings. The Morgan fingerprint density at radius 2 is 1.75 bits per heavy atom. The Kier molecular flexibility index (Phi) is 4.00. The molecule has 0 aromatic heterocycles. The van der Waals surface area contributed by atoms with E-state index in [2.05, 4.69) is 10.6 Å². The van der Waals surface area contributed by atoms with Crippen LogP contribution in [0.5, 0.6) is 0 Å². The molecule has 4 aliphatic rings. The molecule has 4 rings (SSSR count). The van der Waals surface area contributed by atoms with Crippen LogP contribution in [0.1, 0.15) is 38.5 Å². The summed E-state index contributed by atoms with van der Waals surface area (Å²) >= 11 is 5.20. The van der Waals surface area contributed by atoms with Crippen molar-refractivity contribution < 1.29 is 9.53 Å². The van der Waals surface area contributed by atoms with Gasteiger partial charge in [-0.1, -0.05) is 0 Å². The normalized spacial score (nSPS) is 37.8. The van der Waals surface area contributed by atoms with Crippen molar-refractivity contribution in [3.8, 4) is 0 Å². The first-order valence-electron chi connectivity index (χ1n) is 7.69. The van der Waals surface area contributed by atoms with Crippen LogP contribution in [0.3, 0.4) is 0 Å². The maximum absolute atomic E-state index is 12.7. The highest BCUT2D eigenvalue weighted by Crippen LogP contribution is 2.60. The standard InChI is InChI=1S/C15H24N2O2S/c1-19-3-2-16-14(20)17-13(18)15-7-10-4-11(8-15)6-12(5-10)9-15/h10-12H,2-9H2,1H3,(H2,16,17,18,20). The van der Waals surface area contributed by atoms with Crippen LogP contribution in [-0.2, 0) is 9.53 Å². The van der Waals surface area contributed by atoms with Gasteiger partial charge >= 0.3 is 0 Å². The Morgan fingerprint density at radius 1 is 1.20 bits per heavy atom. The third-order valence-electron chi connectivity index (χ3n) is 5.34. The van der Waals surface area contributed by atoms with Gasteiger partial charge in [0.1, 0.15) is 0 Å². The molecule has 0 aromatic carbocycles. The summed E-state index contributed by atoms with van der Waals surface area (Å²) in [7, 11) is 1.65. The zero-order chi connectivity index (χ0) is 14.2. The van der Waals surface area contributed by atoms with Crippen LogP contribution in [0.2, 0.25) is 0 Å². The van der Waals surface area contributed by atoms with E-state index in [-0.39, 0.29) is 11.3 Å². The Labute approximate surface area is 126 Å². The molecule has 112 valence electrons. The van der Waals surface area contributed by atoms with Gasteiger partial charge in [-0.2, -0.15) is 0 Å². The van der Waals surface area contributed by atoms with Crippen molar-refractivity contribution in [2.75, 3.05) is 20.3 Å². The van der Waals surface area contributed by atoms with Crippen LogP contribution >= 0.6 is 12.2 Å². The van der Waals surface area contributed by atoms with Gasteiger partial charge in [0.25, 0.3) is 0 Å². The number of hydrogen-bond acceptors (Lipinski definition) is 3. The van der Waals surface area contributed by atoms with Gasteiger partial charge in [0, 0.05) is 13.7 Å². The molecule has 1 amide bonds. The minimum Gasteiger partial charge on any atom is -0.383 e. The Bertz CT molecular complexity index is 375. The molecule has 0 aliphatic heterocycles. The number of rotatable bonds is 4. The molecule has 4 aliphatic carbocycles. The van der Waals surface area contributed by atoms with Crippen LogP contribution < -0.4 is 10.6 Å². The Hall–Kier alpha value is -0.680. The van der Waals surface area contributed by atoms with E-state index in [1.165, 1.54) is 19.3 Å². The first-order chi connectivity index (χ1) is 9.61. The molecule has 0 unspecified atom stereocenters. The van der Waals surface area contributed by atoms with Gasteiger partial charge in [-0.15, -0.1) is 0 Å². The summed E-state index contributed by atoms with van der Waals surface area (Å²) < 4.78 is 4.96. The monoisotopic (exact) mass is 296 g/mol. The van der Waals surface area contributed by atoms with E-state index in [1.807, 2.05) is 0 Å². The lowest BCUT2D eigenvalue weighted by atomic mass is 9.49. The first kappa shape index (κ1) is 14.3. The molecule has 2 N–H and O–H groups in total. The van der Waals surface area contributed by atoms with Crippen molar-refractivity contribution in [2.24, 2.45) is 23.2 Å². The van der Waals surface area contributed by atoms with Gasteiger partial charge in [-0.3, -0.25) is 4.79 Å². The lowest BCUT2D eigenvalue weighted by Gasteiger charge is -2.55. The number of nitrogens with one attached hydrogen (secondary N) is 2. The highest BCUT2D eigenvalue weighted by atomic mass is 32.1. The molecular weight excluding hydrogens is 272 g/mol. The second-order valence-corrected chi connectivity index (χ2v) is 7.31. The Morgan fingerprint density at radius 3 is 2.25 bits per heavy atom. The largest absolute Gasteiger partial charge is 0.383 e. The number of methoxy groups -OCH3 is 1. The van der Waals surface area contributed by atoms with Crippen molar-refractivity contribution in [1.82, 2.24) is 10.6 Å². The predicted molar refractivity (Wildman–Crippen MR) is 81.2 cm³/mol. The smallest absolute Gasteiger partial charge is 0.232 e. The summed E-state index contributed by atoms with van der Waals surface area (Å²) in [6.45, 7) is 1.23. The fraction of sp³-hybridized carbons (Fsp3) is 0.867. The quantitative estimate of drug-likeness (QED) is 0.614. The third kappa shape index (κ3) is 2.70. The van der Waals surface area contributed by atoms with E-state index in [4.69, 9.17) is 17.0 Å². The van der Waals surface area contributed by atoms with Crippen LogP contribution in [0.4, 0.5) is 0 Å². The molecule has 20 heavy (non-hydrogen) atoms. The first-order valence-corrected chi connectivity index (χ1v) is 8.10. The van der Waals surface area contributed by atoms with E-state index in [0.29, 0.717) is 18.3 Å². The second-order valence-electron chi connectivity index (χ2n) is 6.90. The van der Waals surface area contributed by atoms with Crippen molar-refractivity contribution in [3.05, 3.63) is 0 Å². The number of thiocarbonyl (C=S) groups is 1. The molecular formula is C15H24N2O2S. The molecule has 0 spiro atoms. The molecule has 5 heteroatoms. The number of ether oxygens (including phenoxy) is 1.